The highest BCUT2D eigenvalue weighted by atomic mass is 79.9. The van der Waals surface area contributed by atoms with Gasteiger partial charge in [0.2, 0.25) is 5.91 Å². The van der Waals surface area contributed by atoms with Crippen molar-refractivity contribution in [3.05, 3.63) is 39.1 Å². The van der Waals surface area contributed by atoms with E-state index in [2.05, 4.69) is 40.1 Å². The maximum Gasteiger partial charge on any atom is 0.230 e. The zero-order valence-electron chi connectivity index (χ0n) is 13.0. The number of nitrogens with one attached hydrogen (secondary N) is 1. The van der Waals surface area contributed by atoms with Crippen molar-refractivity contribution in [2.24, 2.45) is 5.92 Å². The number of amides is 1. The normalized spacial score (nSPS) is 12.0. The lowest BCUT2D eigenvalue weighted by atomic mass is 9.97. The van der Waals surface area contributed by atoms with Gasteiger partial charge in [0.25, 0.3) is 0 Å². The Morgan fingerprint density at radius 3 is 2.70 bits per heavy atom. The minimum absolute atomic E-state index is 0.0262. The molecule has 2 rings (SSSR count). The number of benzene rings is 1. The molecule has 2 aromatic rings. The van der Waals surface area contributed by atoms with Crippen LogP contribution in [0.5, 0.6) is 0 Å². The molecule has 0 aliphatic carbocycles. The summed E-state index contributed by atoms with van der Waals surface area (Å²) in [4.78, 5) is 17.0. The van der Waals surface area contributed by atoms with Gasteiger partial charge in [-0.3, -0.25) is 4.79 Å². The average Bonchev–Trinajstić information content (AvgIpc) is 3.00. The molecule has 4 nitrogen and oxygen atoms in total. The Labute approximate surface area is 148 Å². The van der Waals surface area contributed by atoms with Crippen LogP contribution in [0, 0.1) is 17.2 Å². The third-order valence-electron chi connectivity index (χ3n) is 3.33. The second-order valence-electron chi connectivity index (χ2n) is 5.64. The molecule has 1 heterocycles. The standard InChI is InChI=1S/C17H18BrN3OS/c1-11(2)9-14(16(22)20-8-7-19)17-21-15(10-23-17)12-3-5-13(18)6-4-12/h3-6,10-11,14H,8-9H2,1-2H3,(H,20,22). The van der Waals surface area contributed by atoms with Crippen molar-refractivity contribution in [2.75, 3.05) is 6.54 Å². The maximum absolute atomic E-state index is 12.3. The summed E-state index contributed by atoms with van der Waals surface area (Å²) in [5.41, 5.74) is 1.90. The van der Waals surface area contributed by atoms with Gasteiger partial charge in [-0.25, -0.2) is 4.98 Å². The SMILES string of the molecule is CC(C)CC(C(=O)NCC#N)c1nc(-c2ccc(Br)cc2)cs1. The Bertz CT molecular complexity index is 703. The number of carbonyl (C=O) groups is 1. The van der Waals surface area contributed by atoms with Crippen molar-refractivity contribution in [1.82, 2.24) is 10.3 Å². The summed E-state index contributed by atoms with van der Waals surface area (Å²) in [6, 6.07) is 9.88. The van der Waals surface area contributed by atoms with Crippen LogP contribution in [0.4, 0.5) is 0 Å². The molecule has 1 unspecified atom stereocenters. The third-order valence-corrected chi connectivity index (χ3v) is 4.81. The molecule has 1 atom stereocenters. The summed E-state index contributed by atoms with van der Waals surface area (Å²) >= 11 is 4.91. The molecule has 0 saturated heterocycles. The lowest BCUT2D eigenvalue weighted by molar-refractivity contribution is -0.122. The van der Waals surface area contributed by atoms with Gasteiger partial charge in [0.15, 0.2) is 0 Å². The van der Waals surface area contributed by atoms with Gasteiger partial charge < -0.3 is 5.32 Å². The van der Waals surface area contributed by atoms with Crippen LogP contribution in [0.1, 0.15) is 31.2 Å². The highest BCUT2D eigenvalue weighted by molar-refractivity contribution is 9.10. The highest BCUT2D eigenvalue weighted by Crippen LogP contribution is 2.31. The van der Waals surface area contributed by atoms with Gasteiger partial charge in [-0.05, 0) is 24.5 Å². The van der Waals surface area contributed by atoms with E-state index in [1.54, 1.807) is 0 Å². The lowest BCUT2D eigenvalue weighted by Crippen LogP contribution is -2.30. The highest BCUT2D eigenvalue weighted by Gasteiger charge is 2.25. The van der Waals surface area contributed by atoms with Gasteiger partial charge in [0, 0.05) is 15.4 Å². The summed E-state index contributed by atoms with van der Waals surface area (Å²) in [6.07, 6.45) is 0.713. The summed E-state index contributed by atoms with van der Waals surface area (Å²) in [5.74, 6) is -0.0672. The smallest absolute Gasteiger partial charge is 0.230 e. The van der Waals surface area contributed by atoms with Crippen LogP contribution in [0.15, 0.2) is 34.1 Å². The van der Waals surface area contributed by atoms with Crippen LogP contribution in [0.2, 0.25) is 0 Å². The molecule has 1 amide bonds. The van der Waals surface area contributed by atoms with E-state index >= 15 is 0 Å². The fourth-order valence-corrected chi connectivity index (χ4v) is 3.45. The Balaban J connectivity index is 2.24. The van der Waals surface area contributed by atoms with Crippen molar-refractivity contribution < 1.29 is 4.79 Å². The number of nitrogens with zero attached hydrogens (tertiary/aromatic N) is 2. The summed E-state index contributed by atoms with van der Waals surface area (Å²) in [6.45, 7) is 4.18. The topological polar surface area (TPSA) is 65.8 Å². The first-order valence-electron chi connectivity index (χ1n) is 7.37. The first kappa shape index (κ1) is 17.6. The Morgan fingerprint density at radius 2 is 2.09 bits per heavy atom. The van der Waals surface area contributed by atoms with Crippen molar-refractivity contribution in [2.45, 2.75) is 26.2 Å². The Morgan fingerprint density at radius 1 is 1.39 bits per heavy atom. The van der Waals surface area contributed by atoms with Gasteiger partial charge in [-0.1, -0.05) is 41.9 Å². The summed E-state index contributed by atoms with van der Waals surface area (Å²) in [7, 11) is 0. The molecule has 0 aliphatic rings. The number of thiazole rings is 1. The number of rotatable bonds is 6. The first-order valence-corrected chi connectivity index (χ1v) is 9.04. The third kappa shape index (κ3) is 4.88. The van der Waals surface area contributed by atoms with Crippen LogP contribution in [-0.2, 0) is 4.79 Å². The number of nitriles is 1. The molecule has 0 bridgehead atoms. The van der Waals surface area contributed by atoms with Gasteiger partial charge in [-0.15, -0.1) is 11.3 Å². The zero-order valence-corrected chi connectivity index (χ0v) is 15.4. The lowest BCUT2D eigenvalue weighted by Gasteiger charge is -2.15. The van der Waals surface area contributed by atoms with E-state index in [1.165, 1.54) is 11.3 Å². The largest absolute Gasteiger partial charge is 0.342 e. The van der Waals surface area contributed by atoms with E-state index in [0.29, 0.717) is 12.3 Å². The Hall–Kier alpha value is -1.71. The number of hydrogen-bond donors (Lipinski definition) is 1. The predicted molar refractivity (Wildman–Crippen MR) is 96.1 cm³/mol. The molecular formula is C17H18BrN3OS. The van der Waals surface area contributed by atoms with Crippen molar-refractivity contribution in [3.63, 3.8) is 0 Å². The van der Waals surface area contributed by atoms with Gasteiger partial charge in [-0.2, -0.15) is 5.26 Å². The van der Waals surface area contributed by atoms with Crippen LogP contribution < -0.4 is 5.32 Å². The van der Waals surface area contributed by atoms with Crippen molar-refractivity contribution in [1.29, 1.82) is 5.26 Å². The number of halogens is 1. The monoisotopic (exact) mass is 391 g/mol. The van der Waals surface area contributed by atoms with Crippen molar-refractivity contribution in [3.8, 4) is 17.3 Å². The van der Waals surface area contributed by atoms with Crippen LogP contribution in [0.25, 0.3) is 11.3 Å². The number of aromatic nitrogens is 1. The van der Waals surface area contributed by atoms with Gasteiger partial charge in [0.1, 0.15) is 11.6 Å². The fraction of sp³-hybridized carbons (Fsp3) is 0.353. The molecule has 1 aromatic carbocycles. The van der Waals surface area contributed by atoms with Crippen LogP contribution >= 0.6 is 27.3 Å². The average molecular weight is 392 g/mol. The van der Waals surface area contributed by atoms with Crippen LogP contribution in [0.3, 0.4) is 0 Å². The molecule has 1 aromatic heterocycles. The summed E-state index contributed by atoms with van der Waals surface area (Å²) in [5, 5.41) is 14.1. The number of hydrogen-bond acceptors (Lipinski definition) is 4. The van der Waals surface area contributed by atoms with E-state index in [0.717, 1.165) is 20.7 Å². The second kappa shape index (κ2) is 8.23. The molecular weight excluding hydrogens is 374 g/mol. The molecule has 0 radical (unpaired) electrons. The zero-order chi connectivity index (χ0) is 16.8. The minimum Gasteiger partial charge on any atom is -0.342 e. The van der Waals surface area contributed by atoms with E-state index in [-0.39, 0.29) is 18.4 Å². The van der Waals surface area contributed by atoms with E-state index < -0.39 is 0 Å². The molecule has 0 fully saturated rings. The predicted octanol–water partition coefficient (Wildman–Crippen LogP) is 4.34. The van der Waals surface area contributed by atoms with E-state index in [1.807, 2.05) is 35.7 Å². The first-order chi connectivity index (χ1) is 11.0. The maximum atomic E-state index is 12.3. The van der Waals surface area contributed by atoms with E-state index in [9.17, 15) is 4.79 Å². The molecule has 6 heteroatoms. The Kier molecular flexibility index (Phi) is 6.31. The molecule has 120 valence electrons. The molecule has 23 heavy (non-hydrogen) atoms. The second-order valence-corrected chi connectivity index (χ2v) is 7.44. The summed E-state index contributed by atoms with van der Waals surface area (Å²) < 4.78 is 1.02. The minimum atomic E-state index is -0.308. The fourth-order valence-electron chi connectivity index (χ4n) is 2.24. The van der Waals surface area contributed by atoms with Gasteiger partial charge in [0.05, 0.1) is 17.7 Å². The molecule has 0 spiro atoms. The van der Waals surface area contributed by atoms with Crippen molar-refractivity contribution >= 4 is 33.2 Å². The number of carbonyl (C=O) groups excluding carboxylic acids is 1. The van der Waals surface area contributed by atoms with Gasteiger partial charge >= 0.3 is 0 Å². The quantitative estimate of drug-likeness (QED) is 0.744. The molecule has 0 saturated carbocycles. The molecule has 1 N–H and O–H groups in total. The molecule has 0 aliphatic heterocycles. The van der Waals surface area contributed by atoms with E-state index in [4.69, 9.17) is 5.26 Å². The van der Waals surface area contributed by atoms with Crippen LogP contribution in [-0.4, -0.2) is 17.4 Å².